The van der Waals surface area contributed by atoms with E-state index in [1.54, 1.807) is 23.1 Å². The monoisotopic (exact) mass is 312 g/mol. The molecule has 0 spiro atoms. The van der Waals surface area contributed by atoms with Gasteiger partial charge < -0.3 is 15.1 Å². The van der Waals surface area contributed by atoms with E-state index in [-0.39, 0.29) is 17.5 Å². The van der Waals surface area contributed by atoms with E-state index < -0.39 is 5.63 Å². The van der Waals surface area contributed by atoms with Crippen LogP contribution in [0.5, 0.6) is 0 Å². The maximum Gasteiger partial charge on any atom is 0.349 e. The second-order valence-corrected chi connectivity index (χ2v) is 6.71. The second-order valence-electron chi connectivity index (χ2n) is 6.71. The normalized spacial score (nSPS) is 27.2. The van der Waals surface area contributed by atoms with Gasteiger partial charge in [-0.2, -0.15) is 0 Å². The molecular formula is C18H20N2O3. The molecule has 1 aromatic heterocycles. The first-order chi connectivity index (χ1) is 11.1. The maximum absolute atomic E-state index is 12.8. The molecule has 2 N–H and O–H groups in total. The van der Waals surface area contributed by atoms with Crippen molar-refractivity contribution in [1.29, 1.82) is 0 Å². The molecule has 5 nitrogen and oxygen atoms in total. The summed E-state index contributed by atoms with van der Waals surface area (Å²) in [4.78, 5) is 26.7. The van der Waals surface area contributed by atoms with Crippen molar-refractivity contribution in [1.82, 2.24) is 4.90 Å². The number of hydrogen-bond donors (Lipinski definition) is 1. The number of amides is 1. The summed E-state index contributed by atoms with van der Waals surface area (Å²) < 4.78 is 5.29. The molecule has 1 amide bonds. The summed E-state index contributed by atoms with van der Waals surface area (Å²) in [6.07, 6.45) is 3.28. The van der Waals surface area contributed by atoms with Gasteiger partial charge in [0.2, 0.25) is 0 Å². The lowest BCUT2D eigenvalue weighted by Crippen LogP contribution is -2.38. The Kier molecular flexibility index (Phi) is 3.45. The third-order valence-electron chi connectivity index (χ3n) is 5.31. The second kappa shape index (κ2) is 5.49. The number of nitrogens with zero attached hydrogens (tertiary/aromatic N) is 1. The van der Waals surface area contributed by atoms with E-state index in [2.05, 4.69) is 0 Å². The third-order valence-corrected chi connectivity index (χ3v) is 5.31. The fraction of sp³-hybridized carbons (Fsp3) is 0.444. The molecule has 0 radical (unpaired) electrons. The summed E-state index contributed by atoms with van der Waals surface area (Å²) in [6, 6.07) is 9.05. The summed E-state index contributed by atoms with van der Waals surface area (Å²) in [7, 11) is 0. The Labute approximate surface area is 134 Å². The molecule has 1 aliphatic carbocycles. The van der Waals surface area contributed by atoms with Crippen LogP contribution in [0.25, 0.3) is 11.0 Å². The zero-order chi connectivity index (χ0) is 16.0. The number of nitrogens with two attached hydrogens (primary N) is 1. The minimum Gasteiger partial charge on any atom is -0.422 e. The molecule has 0 unspecified atom stereocenters. The van der Waals surface area contributed by atoms with Crippen LogP contribution in [-0.4, -0.2) is 29.9 Å². The van der Waals surface area contributed by atoms with Gasteiger partial charge in [0.15, 0.2) is 0 Å². The molecule has 2 aliphatic rings. The Morgan fingerprint density at radius 3 is 2.87 bits per heavy atom. The van der Waals surface area contributed by atoms with Crippen molar-refractivity contribution >= 4 is 16.9 Å². The van der Waals surface area contributed by atoms with Crippen LogP contribution >= 0.6 is 0 Å². The van der Waals surface area contributed by atoms with Crippen LogP contribution in [0.2, 0.25) is 0 Å². The molecule has 2 aromatic rings. The van der Waals surface area contributed by atoms with Gasteiger partial charge in [-0.15, -0.1) is 0 Å². The van der Waals surface area contributed by atoms with Crippen molar-refractivity contribution in [2.45, 2.75) is 25.3 Å². The van der Waals surface area contributed by atoms with Gasteiger partial charge >= 0.3 is 5.63 Å². The van der Waals surface area contributed by atoms with Crippen LogP contribution in [-0.2, 0) is 0 Å². The molecule has 1 aliphatic heterocycles. The first kappa shape index (κ1) is 14.5. The predicted molar refractivity (Wildman–Crippen MR) is 87.2 cm³/mol. The van der Waals surface area contributed by atoms with E-state index in [4.69, 9.17) is 10.2 Å². The van der Waals surface area contributed by atoms with E-state index in [9.17, 15) is 9.59 Å². The highest BCUT2D eigenvalue weighted by atomic mass is 16.4. The smallest absolute Gasteiger partial charge is 0.349 e. The standard InChI is InChI=1S/C18H20N2O3/c19-15-6-3-5-12-9-20(10-14(12)15)17(21)13-8-11-4-1-2-7-16(11)23-18(13)22/h1-2,4,7-8,12,14-15H,3,5-6,9-10,19H2/t12-,14+,15-/m1/s1. The maximum atomic E-state index is 12.8. The molecule has 5 heteroatoms. The van der Waals surface area contributed by atoms with Gasteiger partial charge in [0, 0.05) is 24.5 Å². The van der Waals surface area contributed by atoms with Gasteiger partial charge in [-0.3, -0.25) is 4.79 Å². The minimum atomic E-state index is -0.562. The molecule has 2 fully saturated rings. The molecule has 4 rings (SSSR count). The quantitative estimate of drug-likeness (QED) is 0.817. The lowest BCUT2D eigenvalue weighted by molar-refractivity contribution is 0.0779. The van der Waals surface area contributed by atoms with Crippen molar-refractivity contribution in [2.24, 2.45) is 17.6 Å². The number of rotatable bonds is 1. The number of fused-ring (bicyclic) bond motifs is 2. The number of para-hydroxylation sites is 1. The molecule has 1 aromatic carbocycles. The largest absolute Gasteiger partial charge is 0.422 e. The lowest BCUT2D eigenvalue weighted by atomic mass is 9.78. The summed E-state index contributed by atoms with van der Waals surface area (Å²) in [5.74, 6) is 0.599. The van der Waals surface area contributed by atoms with Crippen molar-refractivity contribution in [3.05, 3.63) is 46.3 Å². The lowest BCUT2D eigenvalue weighted by Gasteiger charge is -2.29. The van der Waals surface area contributed by atoms with Gasteiger partial charge in [0.25, 0.3) is 5.91 Å². The average molecular weight is 312 g/mol. The number of carbonyl (C=O) groups is 1. The topological polar surface area (TPSA) is 76.5 Å². The Morgan fingerprint density at radius 1 is 1.22 bits per heavy atom. The van der Waals surface area contributed by atoms with Crippen molar-refractivity contribution in [3.8, 4) is 0 Å². The van der Waals surface area contributed by atoms with Crippen molar-refractivity contribution in [3.63, 3.8) is 0 Å². The molecular weight excluding hydrogens is 292 g/mol. The van der Waals surface area contributed by atoms with Crippen LogP contribution in [0.1, 0.15) is 29.6 Å². The third kappa shape index (κ3) is 2.45. The number of benzene rings is 1. The van der Waals surface area contributed by atoms with E-state index in [0.29, 0.717) is 30.5 Å². The van der Waals surface area contributed by atoms with Gasteiger partial charge in [-0.25, -0.2) is 4.79 Å². The Morgan fingerprint density at radius 2 is 2.04 bits per heavy atom. The molecule has 3 atom stereocenters. The molecule has 23 heavy (non-hydrogen) atoms. The van der Waals surface area contributed by atoms with Crippen LogP contribution in [0.3, 0.4) is 0 Å². The highest BCUT2D eigenvalue weighted by Crippen LogP contribution is 2.36. The Hall–Kier alpha value is -2.14. The van der Waals surface area contributed by atoms with Gasteiger partial charge in [-0.1, -0.05) is 24.6 Å². The first-order valence-electron chi connectivity index (χ1n) is 8.21. The summed E-state index contributed by atoms with van der Waals surface area (Å²) in [6.45, 7) is 1.35. The highest BCUT2D eigenvalue weighted by Gasteiger charge is 2.41. The fourth-order valence-electron chi connectivity index (χ4n) is 4.06. The van der Waals surface area contributed by atoms with E-state index >= 15 is 0 Å². The zero-order valence-corrected chi connectivity index (χ0v) is 12.9. The number of hydrogen-bond acceptors (Lipinski definition) is 4. The molecule has 120 valence electrons. The Balaban J connectivity index is 1.65. The van der Waals surface area contributed by atoms with E-state index in [0.717, 1.165) is 24.6 Å². The van der Waals surface area contributed by atoms with Gasteiger partial charge in [-0.05, 0) is 36.8 Å². The fourth-order valence-corrected chi connectivity index (χ4v) is 4.06. The van der Waals surface area contributed by atoms with Crippen LogP contribution in [0.4, 0.5) is 0 Å². The van der Waals surface area contributed by atoms with Crippen molar-refractivity contribution < 1.29 is 9.21 Å². The zero-order valence-electron chi connectivity index (χ0n) is 12.9. The SMILES string of the molecule is N[C@@H]1CCC[C@@H]2CN(C(=O)c3cc4ccccc4oc3=O)C[C@@H]21. The Bertz CT molecular complexity index is 813. The van der Waals surface area contributed by atoms with Crippen LogP contribution < -0.4 is 11.4 Å². The van der Waals surface area contributed by atoms with Gasteiger partial charge in [0.05, 0.1) is 0 Å². The highest BCUT2D eigenvalue weighted by molar-refractivity contribution is 5.96. The van der Waals surface area contributed by atoms with E-state index in [1.807, 2.05) is 12.1 Å². The predicted octanol–water partition coefficient (Wildman–Crippen LogP) is 1.99. The van der Waals surface area contributed by atoms with Crippen molar-refractivity contribution in [2.75, 3.05) is 13.1 Å². The van der Waals surface area contributed by atoms with Crippen LogP contribution in [0.15, 0.2) is 39.5 Å². The molecule has 0 bridgehead atoms. The number of carbonyl (C=O) groups excluding carboxylic acids is 1. The summed E-state index contributed by atoms with van der Waals surface area (Å²) >= 11 is 0. The number of likely N-dealkylation sites (tertiary alicyclic amines) is 1. The van der Waals surface area contributed by atoms with E-state index in [1.165, 1.54) is 0 Å². The summed E-state index contributed by atoms with van der Waals surface area (Å²) in [5, 5.41) is 0.767. The van der Waals surface area contributed by atoms with Gasteiger partial charge in [0.1, 0.15) is 11.1 Å². The minimum absolute atomic E-state index is 0.121. The van der Waals surface area contributed by atoms with Crippen LogP contribution in [0, 0.1) is 11.8 Å². The molecule has 2 heterocycles. The average Bonchev–Trinajstić information content (AvgIpc) is 2.99. The summed E-state index contributed by atoms with van der Waals surface area (Å²) in [5.41, 5.74) is 6.27. The molecule has 1 saturated heterocycles. The molecule has 1 saturated carbocycles. The first-order valence-corrected chi connectivity index (χ1v) is 8.21.